The first-order valence-electron chi connectivity index (χ1n) is 9.11. The summed E-state index contributed by atoms with van der Waals surface area (Å²) in [6.07, 6.45) is 1.71. The number of benzene rings is 2. The zero-order valence-electron chi connectivity index (χ0n) is 15.7. The Labute approximate surface area is 174 Å². The molecule has 0 amide bonds. The molecule has 0 fully saturated rings. The molecule has 8 heteroatoms. The first-order chi connectivity index (χ1) is 13.8. The van der Waals surface area contributed by atoms with Gasteiger partial charge in [0.2, 0.25) is 0 Å². The normalized spacial score (nSPS) is 11.4. The molecule has 0 spiro atoms. The van der Waals surface area contributed by atoms with E-state index in [4.69, 9.17) is 11.6 Å². The summed E-state index contributed by atoms with van der Waals surface area (Å²) in [5.74, 6) is 2.48. The van der Waals surface area contributed by atoms with E-state index in [0.29, 0.717) is 6.54 Å². The number of aliphatic imine (C=N–C) groups is 1. The molecule has 0 atom stereocenters. The first-order valence-corrected chi connectivity index (χ1v) is 10.5. The Morgan fingerprint density at radius 2 is 1.89 bits per heavy atom. The molecule has 0 saturated heterocycles. The quantitative estimate of drug-likeness (QED) is 0.254. The van der Waals surface area contributed by atoms with Crippen molar-refractivity contribution in [3.63, 3.8) is 0 Å². The molecule has 0 radical (unpaired) electrons. The maximum atomic E-state index is 5.92. The predicted octanol–water partition coefficient (Wildman–Crippen LogP) is 3.77. The van der Waals surface area contributed by atoms with Gasteiger partial charge in [0.05, 0.1) is 0 Å². The number of hydrogen-bond donors (Lipinski definition) is 2. The SMILES string of the molecule is CCNC(=NCc1nncn1-c1ccccc1)NCCSc1ccc(Cl)cc1. The van der Waals surface area contributed by atoms with E-state index in [1.807, 2.05) is 66.1 Å². The summed E-state index contributed by atoms with van der Waals surface area (Å²) >= 11 is 7.69. The highest BCUT2D eigenvalue weighted by Crippen LogP contribution is 2.19. The Morgan fingerprint density at radius 1 is 1.11 bits per heavy atom. The lowest BCUT2D eigenvalue weighted by atomic mass is 10.3. The van der Waals surface area contributed by atoms with Crippen molar-refractivity contribution in [2.24, 2.45) is 4.99 Å². The zero-order valence-corrected chi connectivity index (χ0v) is 17.2. The molecule has 0 saturated carbocycles. The van der Waals surface area contributed by atoms with Crippen LogP contribution in [0.4, 0.5) is 0 Å². The van der Waals surface area contributed by atoms with Gasteiger partial charge < -0.3 is 10.6 Å². The van der Waals surface area contributed by atoms with Gasteiger partial charge in [-0.25, -0.2) is 4.99 Å². The van der Waals surface area contributed by atoms with E-state index in [2.05, 4.69) is 25.8 Å². The number of guanidine groups is 1. The van der Waals surface area contributed by atoms with E-state index < -0.39 is 0 Å². The number of nitrogens with zero attached hydrogens (tertiary/aromatic N) is 4. The van der Waals surface area contributed by atoms with Gasteiger partial charge in [-0.2, -0.15) is 0 Å². The van der Waals surface area contributed by atoms with E-state index in [1.165, 1.54) is 4.90 Å². The molecular formula is C20H23ClN6S. The van der Waals surface area contributed by atoms with Crippen LogP contribution in [0.5, 0.6) is 0 Å². The maximum absolute atomic E-state index is 5.92. The maximum Gasteiger partial charge on any atom is 0.191 e. The molecule has 1 heterocycles. The van der Waals surface area contributed by atoms with Crippen LogP contribution in [0.2, 0.25) is 5.02 Å². The van der Waals surface area contributed by atoms with Gasteiger partial charge in [0.15, 0.2) is 11.8 Å². The van der Waals surface area contributed by atoms with Gasteiger partial charge in [0.1, 0.15) is 12.9 Å². The molecular weight excluding hydrogens is 392 g/mol. The third-order valence-electron chi connectivity index (χ3n) is 3.85. The lowest BCUT2D eigenvalue weighted by molar-refractivity contribution is 0.810. The summed E-state index contributed by atoms with van der Waals surface area (Å²) in [5.41, 5.74) is 1.02. The Balaban J connectivity index is 1.54. The highest BCUT2D eigenvalue weighted by Gasteiger charge is 2.06. The van der Waals surface area contributed by atoms with Crippen LogP contribution in [-0.4, -0.2) is 39.6 Å². The van der Waals surface area contributed by atoms with Crippen molar-refractivity contribution in [1.82, 2.24) is 25.4 Å². The standard InChI is InChI=1S/C20H23ClN6S/c1-2-22-20(23-12-13-28-18-10-8-16(21)9-11-18)24-14-19-26-25-15-27(19)17-6-4-3-5-7-17/h3-11,15H,2,12-14H2,1H3,(H2,22,23,24). The van der Waals surface area contributed by atoms with Gasteiger partial charge in [0.25, 0.3) is 0 Å². The van der Waals surface area contributed by atoms with Crippen molar-refractivity contribution in [3.8, 4) is 5.69 Å². The molecule has 146 valence electrons. The van der Waals surface area contributed by atoms with Crippen LogP contribution in [0.25, 0.3) is 5.69 Å². The average molecular weight is 415 g/mol. The lowest BCUT2D eigenvalue weighted by Crippen LogP contribution is -2.38. The lowest BCUT2D eigenvalue weighted by Gasteiger charge is -2.11. The zero-order chi connectivity index (χ0) is 19.6. The molecule has 0 aliphatic heterocycles. The van der Waals surface area contributed by atoms with Crippen LogP contribution in [0.1, 0.15) is 12.7 Å². The van der Waals surface area contributed by atoms with Crippen LogP contribution in [0.3, 0.4) is 0 Å². The van der Waals surface area contributed by atoms with Gasteiger partial charge in [-0.3, -0.25) is 4.57 Å². The topological polar surface area (TPSA) is 67.1 Å². The second-order valence-corrected chi connectivity index (χ2v) is 7.48. The highest BCUT2D eigenvalue weighted by atomic mass is 35.5. The molecule has 1 aromatic heterocycles. The number of rotatable bonds is 8. The number of nitrogens with one attached hydrogen (secondary N) is 2. The van der Waals surface area contributed by atoms with E-state index in [0.717, 1.165) is 41.3 Å². The Kier molecular flexibility index (Phi) is 7.75. The average Bonchev–Trinajstić information content (AvgIpc) is 3.20. The van der Waals surface area contributed by atoms with Gasteiger partial charge in [-0.1, -0.05) is 29.8 Å². The number of halogens is 1. The highest BCUT2D eigenvalue weighted by molar-refractivity contribution is 7.99. The van der Waals surface area contributed by atoms with E-state index in [9.17, 15) is 0 Å². The monoisotopic (exact) mass is 414 g/mol. The third-order valence-corrected chi connectivity index (χ3v) is 5.12. The summed E-state index contributed by atoms with van der Waals surface area (Å²) in [7, 11) is 0. The van der Waals surface area contributed by atoms with Crippen LogP contribution in [-0.2, 0) is 6.54 Å². The second kappa shape index (κ2) is 10.7. The molecule has 0 aliphatic carbocycles. The van der Waals surface area contributed by atoms with Gasteiger partial charge in [-0.15, -0.1) is 22.0 Å². The van der Waals surface area contributed by atoms with Crippen LogP contribution in [0, 0.1) is 0 Å². The molecule has 3 rings (SSSR count). The summed E-state index contributed by atoms with van der Waals surface area (Å²) < 4.78 is 1.95. The smallest absolute Gasteiger partial charge is 0.191 e. The van der Waals surface area contributed by atoms with Gasteiger partial charge in [-0.05, 0) is 43.3 Å². The number of thioether (sulfide) groups is 1. The fourth-order valence-electron chi connectivity index (χ4n) is 2.53. The first kappa shape index (κ1) is 20.2. The molecule has 0 bridgehead atoms. The molecule has 28 heavy (non-hydrogen) atoms. The molecule has 0 unspecified atom stereocenters. The minimum absolute atomic E-state index is 0.439. The van der Waals surface area contributed by atoms with Gasteiger partial charge >= 0.3 is 0 Å². The summed E-state index contributed by atoms with van der Waals surface area (Å²) in [4.78, 5) is 5.84. The largest absolute Gasteiger partial charge is 0.357 e. The molecule has 2 aromatic carbocycles. The number of hydrogen-bond acceptors (Lipinski definition) is 4. The number of aromatic nitrogens is 3. The Bertz CT molecular complexity index is 879. The minimum atomic E-state index is 0.439. The van der Waals surface area contributed by atoms with Crippen LogP contribution in [0.15, 0.2) is 70.8 Å². The van der Waals surface area contributed by atoms with Crippen LogP contribution < -0.4 is 10.6 Å². The molecule has 6 nitrogen and oxygen atoms in total. The molecule has 2 N–H and O–H groups in total. The van der Waals surface area contributed by atoms with Crippen molar-refractivity contribution in [3.05, 3.63) is 71.8 Å². The van der Waals surface area contributed by atoms with Crippen molar-refractivity contribution < 1.29 is 0 Å². The van der Waals surface area contributed by atoms with Crippen molar-refractivity contribution in [2.75, 3.05) is 18.8 Å². The Morgan fingerprint density at radius 3 is 2.64 bits per heavy atom. The third kappa shape index (κ3) is 6.00. The summed E-state index contributed by atoms with van der Waals surface area (Å²) in [6, 6.07) is 17.9. The van der Waals surface area contributed by atoms with Gasteiger partial charge in [0, 0.05) is 34.4 Å². The molecule has 0 aliphatic rings. The van der Waals surface area contributed by atoms with E-state index in [-0.39, 0.29) is 0 Å². The Hall–Kier alpha value is -2.51. The fraction of sp³-hybridized carbons (Fsp3) is 0.250. The fourth-order valence-corrected chi connectivity index (χ4v) is 3.43. The summed E-state index contributed by atoms with van der Waals surface area (Å²) in [6.45, 7) is 4.08. The van der Waals surface area contributed by atoms with Crippen molar-refractivity contribution >= 4 is 29.3 Å². The van der Waals surface area contributed by atoms with Crippen molar-refractivity contribution in [2.45, 2.75) is 18.4 Å². The van der Waals surface area contributed by atoms with E-state index >= 15 is 0 Å². The van der Waals surface area contributed by atoms with E-state index in [1.54, 1.807) is 18.1 Å². The molecule has 3 aromatic rings. The van der Waals surface area contributed by atoms with Crippen LogP contribution >= 0.6 is 23.4 Å². The second-order valence-electron chi connectivity index (χ2n) is 5.88. The summed E-state index contributed by atoms with van der Waals surface area (Å²) in [5, 5.41) is 15.6. The number of para-hydroxylation sites is 1. The van der Waals surface area contributed by atoms with Crippen molar-refractivity contribution in [1.29, 1.82) is 0 Å². The predicted molar refractivity (Wildman–Crippen MR) is 116 cm³/mol. The minimum Gasteiger partial charge on any atom is -0.357 e.